The van der Waals surface area contributed by atoms with Crippen molar-refractivity contribution in [1.29, 1.82) is 0 Å². The summed E-state index contributed by atoms with van der Waals surface area (Å²) in [4.78, 5) is 24.1. The number of anilines is 1. The SMILES string of the molecule is CC(C)NC(=O)[C@@H](NS(=O)(=O)c1ccc2c(c1)CC(=O)N2)c1ccccc1. The van der Waals surface area contributed by atoms with Crippen LogP contribution in [0, 0.1) is 0 Å². The van der Waals surface area contributed by atoms with Crippen molar-refractivity contribution in [1.82, 2.24) is 10.0 Å². The third-order valence-corrected chi connectivity index (χ3v) is 5.53. The smallest absolute Gasteiger partial charge is 0.242 e. The van der Waals surface area contributed by atoms with E-state index in [9.17, 15) is 18.0 Å². The van der Waals surface area contributed by atoms with Crippen molar-refractivity contribution >= 4 is 27.5 Å². The average molecular weight is 387 g/mol. The lowest BCUT2D eigenvalue weighted by Gasteiger charge is -2.20. The minimum absolute atomic E-state index is 0.0102. The summed E-state index contributed by atoms with van der Waals surface area (Å²) in [6.45, 7) is 3.61. The fourth-order valence-electron chi connectivity index (χ4n) is 2.88. The van der Waals surface area contributed by atoms with Crippen molar-refractivity contribution in [3.8, 4) is 0 Å². The van der Waals surface area contributed by atoms with Crippen LogP contribution in [-0.4, -0.2) is 26.3 Å². The first-order valence-corrected chi connectivity index (χ1v) is 10.0. The molecule has 1 aliphatic rings. The van der Waals surface area contributed by atoms with Gasteiger partial charge in [0, 0.05) is 11.7 Å². The molecule has 0 aromatic heterocycles. The Hall–Kier alpha value is -2.71. The monoisotopic (exact) mass is 387 g/mol. The topological polar surface area (TPSA) is 104 Å². The van der Waals surface area contributed by atoms with Gasteiger partial charge in [-0.2, -0.15) is 4.72 Å². The van der Waals surface area contributed by atoms with Gasteiger partial charge in [0.15, 0.2) is 0 Å². The molecule has 0 saturated carbocycles. The second-order valence-corrected chi connectivity index (χ2v) is 8.39. The van der Waals surface area contributed by atoms with E-state index in [0.29, 0.717) is 16.8 Å². The quantitative estimate of drug-likeness (QED) is 0.702. The van der Waals surface area contributed by atoms with Crippen LogP contribution in [-0.2, 0) is 26.0 Å². The highest BCUT2D eigenvalue weighted by Crippen LogP contribution is 2.26. The zero-order valence-corrected chi connectivity index (χ0v) is 15.8. The summed E-state index contributed by atoms with van der Waals surface area (Å²) in [5, 5.41) is 5.41. The van der Waals surface area contributed by atoms with E-state index >= 15 is 0 Å². The highest BCUT2D eigenvalue weighted by Gasteiger charge is 2.29. The van der Waals surface area contributed by atoms with Crippen LogP contribution in [0.2, 0.25) is 0 Å². The molecule has 1 heterocycles. The van der Waals surface area contributed by atoms with Crippen LogP contribution in [0.25, 0.3) is 0 Å². The highest BCUT2D eigenvalue weighted by molar-refractivity contribution is 7.89. The van der Waals surface area contributed by atoms with Gasteiger partial charge in [0.25, 0.3) is 0 Å². The molecule has 0 saturated heterocycles. The van der Waals surface area contributed by atoms with E-state index in [2.05, 4.69) is 15.4 Å². The van der Waals surface area contributed by atoms with Gasteiger partial charge in [0.05, 0.1) is 11.3 Å². The van der Waals surface area contributed by atoms with Crippen molar-refractivity contribution in [2.45, 2.75) is 37.2 Å². The van der Waals surface area contributed by atoms with Crippen molar-refractivity contribution in [2.24, 2.45) is 0 Å². The minimum atomic E-state index is -3.98. The van der Waals surface area contributed by atoms with Gasteiger partial charge in [0.1, 0.15) is 6.04 Å². The summed E-state index contributed by atoms with van der Waals surface area (Å²) in [7, 11) is -3.98. The molecule has 0 aliphatic carbocycles. The van der Waals surface area contributed by atoms with Crippen LogP contribution in [0.1, 0.15) is 31.0 Å². The maximum atomic E-state index is 12.9. The van der Waals surface area contributed by atoms with Crippen molar-refractivity contribution < 1.29 is 18.0 Å². The predicted molar refractivity (Wildman–Crippen MR) is 102 cm³/mol. The first-order chi connectivity index (χ1) is 12.8. The molecule has 0 spiro atoms. The molecule has 3 rings (SSSR count). The average Bonchev–Trinajstić information content (AvgIpc) is 2.99. The molecular formula is C19H21N3O4S. The summed E-state index contributed by atoms with van der Waals surface area (Å²) in [5.74, 6) is -0.608. The number of nitrogens with one attached hydrogen (secondary N) is 3. The Balaban J connectivity index is 1.92. The van der Waals surface area contributed by atoms with Gasteiger partial charge in [-0.3, -0.25) is 9.59 Å². The van der Waals surface area contributed by atoms with E-state index in [-0.39, 0.29) is 23.3 Å². The molecule has 2 aromatic rings. The van der Waals surface area contributed by atoms with E-state index in [0.717, 1.165) is 0 Å². The number of fused-ring (bicyclic) bond motifs is 1. The summed E-state index contributed by atoms with van der Waals surface area (Å²) in [6, 6.07) is 11.9. The van der Waals surface area contributed by atoms with E-state index in [1.54, 1.807) is 50.2 Å². The van der Waals surface area contributed by atoms with Gasteiger partial charge >= 0.3 is 0 Å². The summed E-state index contributed by atoms with van der Waals surface area (Å²) in [5.41, 5.74) is 1.76. The summed E-state index contributed by atoms with van der Waals surface area (Å²) >= 11 is 0. The molecule has 8 heteroatoms. The molecule has 1 atom stereocenters. The largest absolute Gasteiger partial charge is 0.352 e. The number of amides is 2. The van der Waals surface area contributed by atoms with Gasteiger partial charge in [0.2, 0.25) is 21.8 Å². The Kier molecular flexibility index (Phi) is 5.29. The molecule has 2 aromatic carbocycles. The molecular weight excluding hydrogens is 366 g/mol. The number of rotatable bonds is 6. The van der Waals surface area contributed by atoms with E-state index in [1.165, 1.54) is 12.1 Å². The number of sulfonamides is 1. The van der Waals surface area contributed by atoms with Crippen LogP contribution < -0.4 is 15.4 Å². The maximum absolute atomic E-state index is 12.9. The number of carbonyl (C=O) groups is 2. The molecule has 27 heavy (non-hydrogen) atoms. The van der Waals surface area contributed by atoms with Gasteiger partial charge in [-0.15, -0.1) is 0 Å². The van der Waals surface area contributed by atoms with Crippen LogP contribution in [0.3, 0.4) is 0 Å². The first kappa shape index (κ1) is 19.1. The van der Waals surface area contributed by atoms with Crippen LogP contribution in [0.15, 0.2) is 53.4 Å². The zero-order valence-electron chi connectivity index (χ0n) is 15.0. The summed E-state index contributed by atoms with van der Waals surface area (Å²) < 4.78 is 28.3. The lowest BCUT2D eigenvalue weighted by atomic mass is 10.1. The molecule has 1 aliphatic heterocycles. The minimum Gasteiger partial charge on any atom is -0.352 e. The normalized spacial score (nSPS) is 14.6. The zero-order chi connectivity index (χ0) is 19.6. The Labute approximate surface area is 158 Å². The first-order valence-electron chi connectivity index (χ1n) is 8.57. The third kappa shape index (κ3) is 4.35. The van der Waals surface area contributed by atoms with E-state index in [1.807, 2.05) is 0 Å². The summed E-state index contributed by atoms with van der Waals surface area (Å²) in [6.07, 6.45) is 0.134. The number of benzene rings is 2. The molecule has 2 amide bonds. The molecule has 7 nitrogen and oxygen atoms in total. The second kappa shape index (κ2) is 7.50. The predicted octanol–water partition coefficient (Wildman–Crippen LogP) is 1.73. The van der Waals surface area contributed by atoms with Crippen molar-refractivity contribution in [3.63, 3.8) is 0 Å². The fraction of sp³-hybridized carbons (Fsp3) is 0.263. The molecule has 142 valence electrons. The molecule has 0 radical (unpaired) electrons. The van der Waals surface area contributed by atoms with E-state index < -0.39 is 22.0 Å². The number of hydrogen-bond donors (Lipinski definition) is 3. The molecule has 0 unspecified atom stereocenters. The maximum Gasteiger partial charge on any atom is 0.242 e. The van der Waals surface area contributed by atoms with E-state index in [4.69, 9.17) is 0 Å². The van der Waals surface area contributed by atoms with Crippen molar-refractivity contribution in [2.75, 3.05) is 5.32 Å². The third-order valence-electron chi connectivity index (χ3n) is 4.11. The molecule has 0 fully saturated rings. The Morgan fingerprint density at radius 2 is 1.81 bits per heavy atom. The van der Waals surface area contributed by atoms with Gasteiger partial charge in [-0.1, -0.05) is 30.3 Å². The van der Waals surface area contributed by atoms with Crippen LogP contribution in [0.4, 0.5) is 5.69 Å². The van der Waals surface area contributed by atoms with Gasteiger partial charge in [-0.25, -0.2) is 8.42 Å². The number of carbonyl (C=O) groups excluding carboxylic acids is 2. The van der Waals surface area contributed by atoms with Gasteiger partial charge < -0.3 is 10.6 Å². The standard InChI is InChI=1S/C19H21N3O4S/c1-12(2)20-19(24)18(13-6-4-3-5-7-13)22-27(25,26)15-8-9-16-14(10-15)11-17(23)21-16/h3-10,12,18,22H,11H2,1-2H3,(H,20,24)(H,21,23)/t18-/m0/s1. The Bertz CT molecular complexity index is 972. The lowest BCUT2D eigenvalue weighted by molar-refractivity contribution is -0.123. The van der Waals surface area contributed by atoms with Gasteiger partial charge in [-0.05, 0) is 43.2 Å². The Morgan fingerprint density at radius 3 is 2.48 bits per heavy atom. The number of hydrogen-bond acceptors (Lipinski definition) is 4. The fourth-order valence-corrected chi connectivity index (χ4v) is 4.12. The lowest BCUT2D eigenvalue weighted by Crippen LogP contribution is -2.42. The Morgan fingerprint density at radius 1 is 1.11 bits per heavy atom. The van der Waals surface area contributed by atoms with Crippen molar-refractivity contribution in [3.05, 3.63) is 59.7 Å². The van der Waals surface area contributed by atoms with Crippen LogP contribution >= 0.6 is 0 Å². The van der Waals surface area contributed by atoms with Crippen LogP contribution in [0.5, 0.6) is 0 Å². The second-order valence-electron chi connectivity index (χ2n) is 6.67. The molecule has 3 N–H and O–H groups in total. The highest BCUT2D eigenvalue weighted by atomic mass is 32.2. The molecule has 0 bridgehead atoms.